The molecule has 2 aliphatic rings. The largest absolute Gasteiger partial charge is 0.323 e. The highest BCUT2D eigenvalue weighted by atomic mass is 16.2. The van der Waals surface area contributed by atoms with Crippen LogP contribution < -0.4 is 5.32 Å². The van der Waals surface area contributed by atoms with Crippen molar-refractivity contribution < 1.29 is 4.79 Å². The molecule has 2 fully saturated rings. The van der Waals surface area contributed by atoms with E-state index in [0.29, 0.717) is 11.9 Å². The molecule has 1 heterocycles. The average molecular weight is 252 g/mol. The average Bonchev–Trinajstić information content (AvgIpc) is 2.68. The Morgan fingerprint density at radius 1 is 1.28 bits per heavy atom. The summed E-state index contributed by atoms with van der Waals surface area (Å²) >= 11 is 0. The Morgan fingerprint density at radius 2 is 1.94 bits per heavy atom. The monoisotopic (exact) mass is 252 g/mol. The number of carbonyl (C=O) groups is 1. The third kappa shape index (κ3) is 2.56. The van der Waals surface area contributed by atoms with Crippen molar-refractivity contribution in [3.63, 3.8) is 0 Å². The molecule has 1 N–H and O–H groups in total. The van der Waals surface area contributed by atoms with Crippen molar-refractivity contribution in [2.24, 2.45) is 5.92 Å². The summed E-state index contributed by atoms with van der Waals surface area (Å²) in [5.74, 6) is 1.06. The van der Waals surface area contributed by atoms with Gasteiger partial charge in [-0.3, -0.25) is 10.1 Å². The van der Waals surface area contributed by atoms with Crippen molar-refractivity contribution in [2.45, 2.75) is 84.0 Å². The maximum atomic E-state index is 12.5. The van der Waals surface area contributed by atoms with Crippen LogP contribution in [0.25, 0.3) is 0 Å². The highest BCUT2D eigenvalue weighted by molar-refractivity contribution is 5.84. The van der Waals surface area contributed by atoms with Gasteiger partial charge in [0.2, 0.25) is 5.91 Å². The van der Waals surface area contributed by atoms with E-state index >= 15 is 0 Å². The molecule has 3 atom stereocenters. The third-order valence-electron chi connectivity index (χ3n) is 4.79. The lowest BCUT2D eigenvalue weighted by Gasteiger charge is -2.38. The lowest BCUT2D eigenvalue weighted by Crippen LogP contribution is -2.47. The fourth-order valence-electron chi connectivity index (χ4n) is 3.83. The van der Waals surface area contributed by atoms with Crippen LogP contribution in [-0.2, 0) is 4.79 Å². The second kappa shape index (κ2) is 6.05. The van der Waals surface area contributed by atoms with E-state index in [0.717, 1.165) is 18.8 Å². The Morgan fingerprint density at radius 3 is 2.44 bits per heavy atom. The van der Waals surface area contributed by atoms with Crippen LogP contribution in [0.1, 0.15) is 65.7 Å². The first kappa shape index (κ1) is 13.9. The van der Waals surface area contributed by atoms with Gasteiger partial charge < -0.3 is 4.90 Å². The molecular weight excluding hydrogens is 224 g/mol. The van der Waals surface area contributed by atoms with Gasteiger partial charge in [0.1, 0.15) is 0 Å². The zero-order chi connectivity index (χ0) is 13.1. The maximum Gasteiger partial charge on any atom is 0.241 e. The molecular formula is C15H28N2O. The van der Waals surface area contributed by atoms with E-state index in [4.69, 9.17) is 0 Å². The van der Waals surface area contributed by atoms with Crippen LogP contribution in [0.3, 0.4) is 0 Å². The minimum atomic E-state index is 0.0534. The first-order chi connectivity index (χ1) is 8.69. The minimum Gasteiger partial charge on any atom is -0.323 e. The topological polar surface area (TPSA) is 32.3 Å². The van der Waals surface area contributed by atoms with Crippen LogP contribution in [0.15, 0.2) is 0 Å². The molecule has 0 radical (unpaired) electrons. The van der Waals surface area contributed by atoms with E-state index in [1.54, 1.807) is 0 Å². The number of hydrogen-bond donors (Lipinski definition) is 1. The molecule has 2 rings (SSSR count). The highest BCUT2D eigenvalue weighted by Gasteiger charge is 2.41. The van der Waals surface area contributed by atoms with Crippen molar-refractivity contribution in [2.75, 3.05) is 0 Å². The lowest BCUT2D eigenvalue weighted by molar-refractivity contribution is -0.133. The number of nitrogens with one attached hydrogen (secondary N) is 1. The second-order valence-electron chi connectivity index (χ2n) is 5.92. The van der Waals surface area contributed by atoms with Gasteiger partial charge in [-0.25, -0.2) is 0 Å². The van der Waals surface area contributed by atoms with Crippen LogP contribution in [0.5, 0.6) is 0 Å². The predicted octanol–water partition coefficient (Wildman–Crippen LogP) is 2.90. The minimum absolute atomic E-state index is 0.0534. The van der Waals surface area contributed by atoms with Gasteiger partial charge in [-0.1, -0.05) is 33.1 Å². The Balaban J connectivity index is 2.09. The SMILES string of the molecule is CCC1NC(C)N(C(CC)C2CCCCC2)C1=O. The van der Waals surface area contributed by atoms with Crippen molar-refractivity contribution in [1.29, 1.82) is 0 Å². The first-order valence-corrected chi connectivity index (χ1v) is 7.77. The van der Waals surface area contributed by atoms with Gasteiger partial charge in [0.05, 0.1) is 12.2 Å². The molecule has 3 unspecified atom stereocenters. The predicted molar refractivity (Wildman–Crippen MR) is 74.2 cm³/mol. The van der Waals surface area contributed by atoms with E-state index < -0.39 is 0 Å². The smallest absolute Gasteiger partial charge is 0.241 e. The summed E-state index contributed by atoms with van der Waals surface area (Å²) in [5.41, 5.74) is 0. The summed E-state index contributed by atoms with van der Waals surface area (Å²) in [6.45, 7) is 6.46. The van der Waals surface area contributed by atoms with Crippen molar-refractivity contribution in [3.05, 3.63) is 0 Å². The van der Waals surface area contributed by atoms with E-state index in [1.165, 1.54) is 32.1 Å². The summed E-state index contributed by atoms with van der Waals surface area (Å²) in [7, 11) is 0. The number of hydrogen-bond acceptors (Lipinski definition) is 2. The number of rotatable bonds is 4. The molecule has 3 heteroatoms. The maximum absolute atomic E-state index is 12.5. The van der Waals surface area contributed by atoms with E-state index in [1.807, 2.05) is 0 Å². The summed E-state index contributed by atoms with van der Waals surface area (Å²) in [6.07, 6.45) is 8.92. The quantitative estimate of drug-likeness (QED) is 0.834. The normalized spacial score (nSPS) is 31.9. The number of nitrogens with zero attached hydrogens (tertiary/aromatic N) is 1. The molecule has 1 aliphatic heterocycles. The molecule has 1 saturated carbocycles. The molecule has 0 aromatic carbocycles. The van der Waals surface area contributed by atoms with Gasteiger partial charge in [-0.2, -0.15) is 0 Å². The Kier molecular flexibility index (Phi) is 4.66. The zero-order valence-corrected chi connectivity index (χ0v) is 12.1. The van der Waals surface area contributed by atoms with Gasteiger partial charge >= 0.3 is 0 Å². The molecule has 1 saturated heterocycles. The summed E-state index contributed by atoms with van der Waals surface area (Å²) < 4.78 is 0. The van der Waals surface area contributed by atoms with E-state index in [9.17, 15) is 4.79 Å². The van der Waals surface area contributed by atoms with Crippen LogP contribution in [0, 0.1) is 5.92 Å². The molecule has 0 bridgehead atoms. The molecule has 104 valence electrons. The van der Waals surface area contributed by atoms with Crippen LogP contribution >= 0.6 is 0 Å². The van der Waals surface area contributed by atoms with E-state index in [-0.39, 0.29) is 12.2 Å². The fraction of sp³-hybridized carbons (Fsp3) is 0.933. The Bertz CT molecular complexity index is 286. The summed E-state index contributed by atoms with van der Waals surface area (Å²) in [4.78, 5) is 14.6. The molecule has 0 spiro atoms. The van der Waals surface area contributed by atoms with E-state index in [2.05, 4.69) is 31.0 Å². The van der Waals surface area contributed by atoms with Crippen molar-refractivity contribution in [1.82, 2.24) is 10.2 Å². The zero-order valence-electron chi connectivity index (χ0n) is 12.1. The van der Waals surface area contributed by atoms with Crippen molar-refractivity contribution >= 4 is 5.91 Å². The highest BCUT2D eigenvalue weighted by Crippen LogP contribution is 2.33. The van der Waals surface area contributed by atoms with Gasteiger partial charge in [0.15, 0.2) is 0 Å². The second-order valence-corrected chi connectivity index (χ2v) is 5.92. The van der Waals surface area contributed by atoms with Gasteiger partial charge in [-0.05, 0) is 38.5 Å². The fourth-order valence-corrected chi connectivity index (χ4v) is 3.83. The van der Waals surface area contributed by atoms with Crippen molar-refractivity contribution in [3.8, 4) is 0 Å². The summed E-state index contributed by atoms with van der Waals surface area (Å²) in [5, 5.41) is 3.43. The summed E-state index contributed by atoms with van der Waals surface area (Å²) in [6, 6.07) is 0.509. The molecule has 1 amide bonds. The van der Waals surface area contributed by atoms with Crippen LogP contribution in [0.4, 0.5) is 0 Å². The molecule has 3 nitrogen and oxygen atoms in total. The lowest BCUT2D eigenvalue weighted by atomic mass is 9.82. The Labute approximate surface area is 111 Å². The van der Waals surface area contributed by atoms with Gasteiger partial charge in [0, 0.05) is 6.04 Å². The Hall–Kier alpha value is -0.570. The first-order valence-electron chi connectivity index (χ1n) is 7.77. The molecule has 1 aliphatic carbocycles. The van der Waals surface area contributed by atoms with Crippen LogP contribution in [0.2, 0.25) is 0 Å². The van der Waals surface area contributed by atoms with Gasteiger partial charge in [-0.15, -0.1) is 0 Å². The number of carbonyl (C=O) groups excluding carboxylic acids is 1. The van der Waals surface area contributed by atoms with Crippen LogP contribution in [-0.4, -0.2) is 29.1 Å². The standard InChI is InChI=1S/C15H28N2O/c1-4-13-15(18)17(11(3)16-13)14(5-2)12-9-7-6-8-10-12/h11-14,16H,4-10H2,1-3H3. The number of amides is 1. The molecule has 0 aromatic rings. The van der Waals surface area contributed by atoms with Gasteiger partial charge in [0.25, 0.3) is 0 Å². The molecule has 18 heavy (non-hydrogen) atoms. The third-order valence-corrected chi connectivity index (χ3v) is 4.79. The molecule has 0 aromatic heterocycles.